The van der Waals surface area contributed by atoms with Crippen molar-refractivity contribution in [2.45, 2.75) is 13.0 Å². The van der Waals surface area contributed by atoms with Crippen molar-refractivity contribution in [2.24, 2.45) is 0 Å². The summed E-state index contributed by atoms with van der Waals surface area (Å²) in [6.45, 7) is 1.71. The summed E-state index contributed by atoms with van der Waals surface area (Å²) in [5.41, 5.74) is 0. The van der Waals surface area contributed by atoms with Crippen LogP contribution in [0.2, 0.25) is 0 Å². The van der Waals surface area contributed by atoms with Gasteiger partial charge in [-0.05, 0) is 19.1 Å². The van der Waals surface area contributed by atoms with E-state index >= 15 is 0 Å². The number of carboxylic acid groups (broad SMARTS) is 1. The molecule has 0 radical (unpaired) electrons. The van der Waals surface area contributed by atoms with Gasteiger partial charge in [-0.1, -0.05) is 18.2 Å². The van der Waals surface area contributed by atoms with E-state index in [4.69, 9.17) is 9.84 Å². The molecule has 1 atom stereocenters. The topological polar surface area (TPSA) is 72.8 Å². The normalized spacial score (nSPS) is 11.6. The molecular weight excluding hydrogens is 212 g/mol. The Hall–Kier alpha value is -2.04. The van der Waals surface area contributed by atoms with E-state index in [-0.39, 0.29) is 6.61 Å². The lowest BCUT2D eigenvalue weighted by molar-refractivity contribution is -0.162. The van der Waals surface area contributed by atoms with E-state index in [2.05, 4.69) is 4.74 Å². The Morgan fingerprint density at radius 2 is 1.94 bits per heavy atom. The second-order valence-electron chi connectivity index (χ2n) is 2.90. The highest BCUT2D eigenvalue weighted by molar-refractivity contribution is 5.97. The van der Waals surface area contributed by atoms with Gasteiger partial charge in [0.2, 0.25) is 0 Å². The third-order valence-corrected chi connectivity index (χ3v) is 1.72. The first-order chi connectivity index (χ1) is 7.65. The molecule has 0 fully saturated rings. The molecule has 5 nitrogen and oxygen atoms in total. The van der Waals surface area contributed by atoms with Gasteiger partial charge in [0.05, 0.1) is 6.61 Å². The lowest BCUT2D eigenvalue weighted by atomic mass is 10.3. The first-order valence-corrected chi connectivity index (χ1v) is 4.76. The maximum Gasteiger partial charge on any atom is 0.359 e. The molecule has 0 heterocycles. The molecule has 0 saturated carbocycles. The number of benzene rings is 1. The van der Waals surface area contributed by atoms with Crippen LogP contribution in [0, 0.1) is 0 Å². The number of hydrogen-bond acceptors (Lipinski definition) is 4. The summed E-state index contributed by atoms with van der Waals surface area (Å²) < 4.78 is 9.61. The predicted molar refractivity (Wildman–Crippen MR) is 55.1 cm³/mol. The van der Waals surface area contributed by atoms with Crippen LogP contribution in [0.1, 0.15) is 6.92 Å². The highest BCUT2D eigenvalue weighted by Gasteiger charge is 2.29. The molecule has 1 aromatic carbocycles. The van der Waals surface area contributed by atoms with Crippen LogP contribution in [0.4, 0.5) is 0 Å². The van der Waals surface area contributed by atoms with Crippen molar-refractivity contribution in [1.82, 2.24) is 0 Å². The molecular formula is C11H12O5. The van der Waals surface area contributed by atoms with Crippen LogP contribution in [-0.2, 0) is 14.3 Å². The standard InChI is InChI=1S/C11H12O5/c1-2-15-11(14)9(10(12)13)16-8-6-4-3-5-7-8/h3-7,9H,2H2,1H3,(H,12,13). The van der Waals surface area contributed by atoms with Crippen molar-refractivity contribution in [1.29, 1.82) is 0 Å². The molecule has 1 aromatic rings. The zero-order chi connectivity index (χ0) is 12.0. The Morgan fingerprint density at radius 3 is 2.44 bits per heavy atom. The molecule has 5 heteroatoms. The molecule has 0 spiro atoms. The van der Waals surface area contributed by atoms with Gasteiger partial charge < -0.3 is 14.6 Å². The van der Waals surface area contributed by atoms with Gasteiger partial charge in [0.1, 0.15) is 5.75 Å². The Labute approximate surface area is 92.6 Å². The van der Waals surface area contributed by atoms with Gasteiger partial charge >= 0.3 is 11.9 Å². The molecule has 1 rings (SSSR count). The summed E-state index contributed by atoms with van der Waals surface area (Å²) in [6, 6.07) is 8.25. The average molecular weight is 224 g/mol. The number of esters is 1. The first kappa shape index (κ1) is 12.0. The summed E-state index contributed by atoms with van der Waals surface area (Å²) >= 11 is 0. The SMILES string of the molecule is CCOC(=O)C(Oc1ccccc1)C(=O)O. The van der Waals surface area contributed by atoms with Crippen molar-refractivity contribution in [3.8, 4) is 5.75 Å². The van der Waals surface area contributed by atoms with E-state index < -0.39 is 18.0 Å². The number of carboxylic acids is 1. The van der Waals surface area contributed by atoms with Crippen LogP contribution in [-0.4, -0.2) is 29.8 Å². The summed E-state index contributed by atoms with van der Waals surface area (Å²) in [5.74, 6) is -1.97. The van der Waals surface area contributed by atoms with E-state index in [9.17, 15) is 9.59 Å². The molecule has 86 valence electrons. The van der Waals surface area contributed by atoms with Crippen molar-refractivity contribution < 1.29 is 24.2 Å². The molecule has 0 saturated heterocycles. The summed E-state index contributed by atoms with van der Waals surface area (Å²) in [6.07, 6.45) is -1.62. The quantitative estimate of drug-likeness (QED) is 0.598. The minimum Gasteiger partial charge on any atom is -0.478 e. The van der Waals surface area contributed by atoms with E-state index in [1.807, 2.05) is 0 Å². The van der Waals surface area contributed by atoms with Gasteiger partial charge in [0.25, 0.3) is 6.10 Å². The molecule has 0 bridgehead atoms. The van der Waals surface area contributed by atoms with Crippen molar-refractivity contribution in [3.63, 3.8) is 0 Å². The molecule has 1 unspecified atom stereocenters. The predicted octanol–water partition coefficient (Wildman–Crippen LogP) is 1.08. The van der Waals surface area contributed by atoms with Crippen LogP contribution >= 0.6 is 0 Å². The molecule has 0 aromatic heterocycles. The number of aliphatic carboxylic acids is 1. The Balaban J connectivity index is 2.73. The van der Waals surface area contributed by atoms with Gasteiger partial charge in [-0.25, -0.2) is 9.59 Å². The van der Waals surface area contributed by atoms with E-state index in [0.717, 1.165) is 0 Å². The molecule has 16 heavy (non-hydrogen) atoms. The summed E-state index contributed by atoms with van der Waals surface area (Å²) in [4.78, 5) is 22.1. The zero-order valence-electron chi connectivity index (χ0n) is 8.75. The Bertz CT molecular complexity index is 360. The Morgan fingerprint density at radius 1 is 1.31 bits per heavy atom. The maximum atomic E-state index is 11.3. The second-order valence-corrected chi connectivity index (χ2v) is 2.90. The van der Waals surface area contributed by atoms with E-state index in [0.29, 0.717) is 5.75 Å². The molecule has 0 aliphatic rings. The summed E-state index contributed by atoms with van der Waals surface area (Å²) in [5, 5.41) is 8.81. The Kier molecular flexibility index (Phi) is 4.32. The lowest BCUT2D eigenvalue weighted by Gasteiger charge is -2.13. The van der Waals surface area contributed by atoms with Gasteiger partial charge in [0, 0.05) is 0 Å². The molecule has 0 aliphatic heterocycles. The minimum absolute atomic E-state index is 0.112. The number of ether oxygens (including phenoxy) is 2. The summed E-state index contributed by atoms with van der Waals surface area (Å²) in [7, 11) is 0. The third-order valence-electron chi connectivity index (χ3n) is 1.72. The lowest BCUT2D eigenvalue weighted by Crippen LogP contribution is -2.37. The number of hydrogen-bond donors (Lipinski definition) is 1. The third kappa shape index (κ3) is 3.27. The molecule has 0 amide bonds. The van der Waals surface area contributed by atoms with Crippen LogP contribution in [0.5, 0.6) is 5.75 Å². The van der Waals surface area contributed by atoms with Crippen LogP contribution in [0.25, 0.3) is 0 Å². The number of para-hydroxylation sites is 1. The number of rotatable bonds is 5. The van der Waals surface area contributed by atoms with Gasteiger partial charge in [-0.2, -0.15) is 0 Å². The van der Waals surface area contributed by atoms with E-state index in [1.165, 1.54) is 0 Å². The van der Waals surface area contributed by atoms with Crippen molar-refractivity contribution >= 4 is 11.9 Å². The monoisotopic (exact) mass is 224 g/mol. The fourth-order valence-electron chi connectivity index (χ4n) is 1.05. The fourth-order valence-corrected chi connectivity index (χ4v) is 1.05. The highest BCUT2D eigenvalue weighted by atomic mass is 16.6. The van der Waals surface area contributed by atoms with Crippen LogP contribution < -0.4 is 4.74 Å². The molecule has 0 aliphatic carbocycles. The van der Waals surface area contributed by atoms with Gasteiger partial charge in [-0.3, -0.25) is 0 Å². The van der Waals surface area contributed by atoms with Crippen molar-refractivity contribution in [2.75, 3.05) is 6.61 Å². The van der Waals surface area contributed by atoms with Crippen molar-refractivity contribution in [3.05, 3.63) is 30.3 Å². The number of carbonyl (C=O) groups is 2. The minimum atomic E-state index is -1.62. The largest absolute Gasteiger partial charge is 0.478 e. The first-order valence-electron chi connectivity index (χ1n) is 4.76. The van der Waals surface area contributed by atoms with Crippen LogP contribution in [0.3, 0.4) is 0 Å². The van der Waals surface area contributed by atoms with Gasteiger partial charge in [0.15, 0.2) is 0 Å². The number of carbonyl (C=O) groups excluding carboxylic acids is 1. The van der Waals surface area contributed by atoms with Gasteiger partial charge in [-0.15, -0.1) is 0 Å². The second kappa shape index (κ2) is 5.75. The molecule has 1 N–H and O–H groups in total. The smallest absolute Gasteiger partial charge is 0.359 e. The zero-order valence-corrected chi connectivity index (χ0v) is 8.75. The van der Waals surface area contributed by atoms with E-state index in [1.54, 1.807) is 37.3 Å². The van der Waals surface area contributed by atoms with Crippen LogP contribution in [0.15, 0.2) is 30.3 Å². The fraction of sp³-hybridized carbons (Fsp3) is 0.273. The average Bonchev–Trinajstić information content (AvgIpc) is 2.27. The highest BCUT2D eigenvalue weighted by Crippen LogP contribution is 2.11. The maximum absolute atomic E-state index is 11.3.